The first-order chi connectivity index (χ1) is 16.7. The number of hydrogen-bond acceptors (Lipinski definition) is 6. The first kappa shape index (κ1) is 24.0. The molecule has 0 aromatic rings. The lowest BCUT2D eigenvalue weighted by Gasteiger charge is -2.67. The van der Waals surface area contributed by atoms with Crippen molar-refractivity contribution in [3.05, 3.63) is 11.6 Å². The summed E-state index contributed by atoms with van der Waals surface area (Å²) in [5.41, 5.74) is 1.13. The number of carbonyl (C=O) groups excluding carboxylic acids is 2. The Morgan fingerprint density at radius 1 is 1.03 bits per heavy atom. The summed E-state index contributed by atoms with van der Waals surface area (Å²) in [5, 5.41) is 0. The Bertz CT molecular complexity index is 918. The molecule has 6 heteroatoms. The fraction of sp³-hybridized carbons (Fsp3) is 0.862. The smallest absolute Gasteiger partial charge is 0.312 e. The van der Waals surface area contributed by atoms with Gasteiger partial charge in [0.05, 0.1) is 24.5 Å². The van der Waals surface area contributed by atoms with E-state index in [1.54, 1.807) is 0 Å². The van der Waals surface area contributed by atoms with Crippen LogP contribution in [-0.2, 0) is 28.5 Å². The maximum Gasteiger partial charge on any atom is 0.312 e. The molecule has 2 saturated heterocycles. The lowest BCUT2D eigenvalue weighted by molar-refractivity contribution is -0.192. The van der Waals surface area contributed by atoms with Crippen LogP contribution in [0.25, 0.3) is 0 Å². The number of hydrogen-bond donors (Lipinski definition) is 0. The van der Waals surface area contributed by atoms with Crippen LogP contribution >= 0.6 is 0 Å². The topological polar surface area (TPSA) is 77.7 Å². The van der Waals surface area contributed by atoms with E-state index in [1.165, 1.54) is 5.57 Å². The number of esters is 2. The monoisotopic (exact) mass is 486 g/mol. The molecule has 9 unspecified atom stereocenters. The zero-order valence-electron chi connectivity index (χ0n) is 21.8. The molecule has 0 amide bonds. The Labute approximate surface area is 209 Å². The Balaban J connectivity index is 1.27. The highest BCUT2D eigenvalue weighted by atomic mass is 16.6. The molecule has 35 heavy (non-hydrogen) atoms. The van der Waals surface area contributed by atoms with Crippen LogP contribution in [0.2, 0.25) is 0 Å². The van der Waals surface area contributed by atoms with Gasteiger partial charge in [-0.2, -0.15) is 0 Å². The van der Waals surface area contributed by atoms with E-state index >= 15 is 0 Å². The molecule has 2 heterocycles. The molecule has 2 bridgehead atoms. The number of fused-ring (bicyclic) bond motifs is 2. The fourth-order valence-corrected chi connectivity index (χ4v) is 9.01. The highest BCUT2D eigenvalue weighted by Crippen LogP contribution is 2.72. The quantitative estimate of drug-likeness (QED) is 0.295. The second-order valence-corrected chi connectivity index (χ2v) is 13.2. The van der Waals surface area contributed by atoms with Crippen LogP contribution in [0.15, 0.2) is 11.6 Å². The van der Waals surface area contributed by atoms with Crippen molar-refractivity contribution in [3.63, 3.8) is 0 Å². The number of ether oxygens (including phenoxy) is 4. The standard InChI is InChI=1S/C29H42O6/c1-17(2)21-11-29-9-6-23-27(3,7-5-8-28(23,4)26(31)35-16-19-14-33-19)24(29)10-20(21)22(12-29)25(30)34-15-18-13-32-18/h11,17-20,22-24H,5-10,12-16H2,1-4H3. The number of rotatable bonds is 7. The van der Waals surface area contributed by atoms with Crippen molar-refractivity contribution >= 4 is 11.9 Å². The van der Waals surface area contributed by atoms with Gasteiger partial charge in [0, 0.05) is 0 Å². The SMILES string of the molecule is CC(C)C1=CC23CCC4C(C)(C(=O)OCC5CO5)CCCC4(C)C2CC1C(C(=O)OCC1CO1)C3. The van der Waals surface area contributed by atoms with Gasteiger partial charge in [-0.3, -0.25) is 9.59 Å². The van der Waals surface area contributed by atoms with E-state index in [0.29, 0.717) is 44.2 Å². The first-order valence-electron chi connectivity index (χ1n) is 14.0. The van der Waals surface area contributed by atoms with Gasteiger partial charge in [0.1, 0.15) is 25.4 Å². The van der Waals surface area contributed by atoms with E-state index in [0.717, 1.165) is 44.9 Å². The molecule has 0 aromatic carbocycles. The fourth-order valence-electron chi connectivity index (χ4n) is 9.01. The molecule has 1 spiro atoms. The molecule has 3 saturated carbocycles. The van der Waals surface area contributed by atoms with Gasteiger partial charge in [0.15, 0.2) is 0 Å². The molecule has 5 aliphatic carbocycles. The largest absolute Gasteiger partial charge is 0.463 e. The lowest BCUT2D eigenvalue weighted by atomic mass is 9.36. The lowest BCUT2D eigenvalue weighted by Crippen LogP contribution is -2.62. The van der Waals surface area contributed by atoms with Crippen LogP contribution in [0, 0.1) is 45.8 Å². The molecule has 0 aromatic heterocycles. The maximum atomic E-state index is 13.4. The van der Waals surface area contributed by atoms with Gasteiger partial charge in [-0.15, -0.1) is 0 Å². The molecule has 0 N–H and O–H groups in total. The van der Waals surface area contributed by atoms with Crippen LogP contribution in [-0.4, -0.2) is 50.6 Å². The zero-order chi connectivity index (χ0) is 24.6. The summed E-state index contributed by atoms with van der Waals surface area (Å²) in [6, 6.07) is 0. The molecule has 7 aliphatic rings. The molecular weight excluding hydrogens is 444 g/mol. The van der Waals surface area contributed by atoms with E-state index in [9.17, 15) is 9.59 Å². The molecular formula is C29H42O6. The molecule has 2 aliphatic heterocycles. The van der Waals surface area contributed by atoms with Gasteiger partial charge in [0.2, 0.25) is 0 Å². The van der Waals surface area contributed by atoms with Gasteiger partial charge < -0.3 is 18.9 Å². The van der Waals surface area contributed by atoms with Gasteiger partial charge in [0.25, 0.3) is 0 Å². The van der Waals surface area contributed by atoms with Crippen LogP contribution in [0.4, 0.5) is 0 Å². The second kappa shape index (κ2) is 8.31. The summed E-state index contributed by atoms with van der Waals surface area (Å²) < 4.78 is 22.1. The van der Waals surface area contributed by atoms with Crippen molar-refractivity contribution in [2.24, 2.45) is 45.8 Å². The molecule has 7 rings (SSSR count). The third-order valence-electron chi connectivity index (χ3n) is 10.9. The molecule has 9 atom stereocenters. The Morgan fingerprint density at radius 2 is 1.71 bits per heavy atom. The van der Waals surface area contributed by atoms with E-state index in [-0.39, 0.29) is 46.8 Å². The van der Waals surface area contributed by atoms with Crippen molar-refractivity contribution < 1.29 is 28.5 Å². The van der Waals surface area contributed by atoms with Crippen LogP contribution in [0.1, 0.15) is 72.6 Å². The summed E-state index contributed by atoms with van der Waals surface area (Å²) in [4.78, 5) is 26.7. The minimum atomic E-state index is -0.437. The average Bonchev–Trinajstić information content (AvgIpc) is 3.75. The minimum absolute atomic E-state index is 0.0250. The zero-order valence-corrected chi connectivity index (χ0v) is 21.8. The summed E-state index contributed by atoms with van der Waals surface area (Å²) >= 11 is 0. The molecule has 6 nitrogen and oxygen atoms in total. The summed E-state index contributed by atoms with van der Waals surface area (Å²) in [6.07, 6.45) is 9.92. The van der Waals surface area contributed by atoms with Crippen LogP contribution < -0.4 is 0 Å². The van der Waals surface area contributed by atoms with Crippen molar-refractivity contribution in [2.45, 2.75) is 84.8 Å². The Hall–Kier alpha value is -1.40. The highest BCUT2D eigenvalue weighted by Gasteiger charge is 2.66. The van der Waals surface area contributed by atoms with E-state index in [2.05, 4.69) is 33.8 Å². The van der Waals surface area contributed by atoms with E-state index in [1.807, 2.05) is 0 Å². The third kappa shape index (κ3) is 3.89. The second-order valence-electron chi connectivity index (χ2n) is 13.2. The Kier molecular flexibility index (Phi) is 5.69. The van der Waals surface area contributed by atoms with E-state index in [4.69, 9.17) is 18.9 Å². The number of allylic oxidation sites excluding steroid dienone is 2. The van der Waals surface area contributed by atoms with E-state index < -0.39 is 5.41 Å². The van der Waals surface area contributed by atoms with Crippen molar-refractivity contribution in [2.75, 3.05) is 26.4 Å². The van der Waals surface area contributed by atoms with Gasteiger partial charge in [-0.1, -0.05) is 38.8 Å². The summed E-state index contributed by atoms with van der Waals surface area (Å²) in [5.74, 6) is 1.39. The minimum Gasteiger partial charge on any atom is -0.463 e. The molecule has 194 valence electrons. The maximum absolute atomic E-state index is 13.4. The highest BCUT2D eigenvalue weighted by molar-refractivity contribution is 5.77. The summed E-state index contributed by atoms with van der Waals surface area (Å²) in [6.45, 7) is 11.4. The predicted octanol–water partition coefficient (Wildman–Crippen LogP) is 4.70. The van der Waals surface area contributed by atoms with Crippen molar-refractivity contribution in [3.8, 4) is 0 Å². The number of carbonyl (C=O) groups is 2. The van der Waals surface area contributed by atoms with Crippen LogP contribution in [0.5, 0.6) is 0 Å². The Morgan fingerprint density at radius 3 is 2.37 bits per heavy atom. The molecule has 0 radical (unpaired) electrons. The number of epoxide rings is 2. The van der Waals surface area contributed by atoms with Gasteiger partial charge in [-0.05, 0) is 80.0 Å². The van der Waals surface area contributed by atoms with Crippen LogP contribution in [0.3, 0.4) is 0 Å². The van der Waals surface area contributed by atoms with Gasteiger partial charge >= 0.3 is 11.9 Å². The van der Waals surface area contributed by atoms with Crippen molar-refractivity contribution in [1.29, 1.82) is 0 Å². The third-order valence-corrected chi connectivity index (χ3v) is 10.9. The summed E-state index contributed by atoms with van der Waals surface area (Å²) in [7, 11) is 0. The average molecular weight is 487 g/mol. The normalized spacial score (nSPS) is 47.4. The van der Waals surface area contributed by atoms with Crippen molar-refractivity contribution in [1.82, 2.24) is 0 Å². The first-order valence-corrected chi connectivity index (χ1v) is 14.0. The van der Waals surface area contributed by atoms with Gasteiger partial charge in [-0.25, -0.2) is 0 Å². The molecule has 5 fully saturated rings. The predicted molar refractivity (Wildman–Crippen MR) is 129 cm³/mol.